The van der Waals surface area contributed by atoms with Gasteiger partial charge in [-0.3, -0.25) is 9.80 Å². The molecule has 3 nitrogen and oxygen atoms in total. The zero-order valence-electron chi connectivity index (χ0n) is 12.2. The summed E-state index contributed by atoms with van der Waals surface area (Å²) >= 11 is 0. The highest BCUT2D eigenvalue weighted by Crippen LogP contribution is 2.20. The van der Waals surface area contributed by atoms with Gasteiger partial charge in [-0.25, -0.2) is 0 Å². The number of piperazine rings is 1. The van der Waals surface area contributed by atoms with E-state index in [-0.39, 0.29) is 11.5 Å². The molecule has 0 aromatic carbocycles. The van der Waals surface area contributed by atoms with Crippen molar-refractivity contribution in [1.82, 2.24) is 9.80 Å². The van der Waals surface area contributed by atoms with Crippen molar-refractivity contribution < 1.29 is 5.11 Å². The van der Waals surface area contributed by atoms with Gasteiger partial charge >= 0.3 is 0 Å². The van der Waals surface area contributed by atoms with E-state index in [0.717, 1.165) is 32.7 Å². The largest absolute Gasteiger partial charge is 0.391 e. The highest BCUT2D eigenvalue weighted by Gasteiger charge is 2.27. The third kappa shape index (κ3) is 4.57. The first-order valence-corrected chi connectivity index (χ1v) is 6.99. The van der Waals surface area contributed by atoms with Crippen LogP contribution in [0.4, 0.5) is 0 Å². The Morgan fingerprint density at radius 2 is 1.65 bits per heavy atom. The predicted molar refractivity (Wildman–Crippen MR) is 73.2 cm³/mol. The van der Waals surface area contributed by atoms with Crippen LogP contribution in [-0.2, 0) is 0 Å². The molecule has 0 aliphatic carbocycles. The average molecular weight is 242 g/mol. The molecule has 0 spiro atoms. The van der Waals surface area contributed by atoms with E-state index in [4.69, 9.17) is 0 Å². The van der Waals surface area contributed by atoms with Crippen molar-refractivity contribution in [3.05, 3.63) is 0 Å². The van der Waals surface area contributed by atoms with Gasteiger partial charge < -0.3 is 5.11 Å². The van der Waals surface area contributed by atoms with Crippen LogP contribution in [0.3, 0.4) is 0 Å². The van der Waals surface area contributed by atoms with Gasteiger partial charge in [0, 0.05) is 38.8 Å². The minimum atomic E-state index is -0.224. The first-order chi connectivity index (χ1) is 7.84. The molecule has 2 atom stereocenters. The van der Waals surface area contributed by atoms with E-state index in [2.05, 4.69) is 44.4 Å². The second kappa shape index (κ2) is 6.17. The summed E-state index contributed by atoms with van der Waals surface area (Å²) in [6.07, 6.45) is 1.00. The van der Waals surface area contributed by atoms with Gasteiger partial charge in [0.15, 0.2) is 0 Å². The third-order valence-electron chi connectivity index (χ3n) is 4.05. The van der Waals surface area contributed by atoms with Crippen molar-refractivity contribution in [3.8, 4) is 0 Å². The van der Waals surface area contributed by atoms with Crippen LogP contribution >= 0.6 is 0 Å². The fourth-order valence-corrected chi connectivity index (χ4v) is 2.16. The van der Waals surface area contributed by atoms with Gasteiger partial charge in [-0.2, -0.15) is 0 Å². The fraction of sp³-hybridized carbons (Fsp3) is 1.00. The van der Waals surface area contributed by atoms with Crippen molar-refractivity contribution in [2.75, 3.05) is 32.7 Å². The second-order valence-electron chi connectivity index (χ2n) is 6.48. The minimum Gasteiger partial charge on any atom is -0.391 e. The first kappa shape index (κ1) is 14.9. The molecule has 0 aromatic rings. The molecule has 3 heteroatoms. The topological polar surface area (TPSA) is 26.7 Å². The van der Waals surface area contributed by atoms with Crippen LogP contribution in [-0.4, -0.2) is 59.8 Å². The SMILES string of the molecule is CCC(C)N1CCN(CC(O)C(C)(C)C)CC1. The summed E-state index contributed by atoms with van der Waals surface area (Å²) in [7, 11) is 0. The van der Waals surface area contributed by atoms with E-state index in [1.165, 1.54) is 6.42 Å². The Labute approximate surface area is 107 Å². The van der Waals surface area contributed by atoms with E-state index >= 15 is 0 Å². The molecule has 2 unspecified atom stereocenters. The van der Waals surface area contributed by atoms with Crippen LogP contribution < -0.4 is 0 Å². The summed E-state index contributed by atoms with van der Waals surface area (Å²) in [5, 5.41) is 10.1. The summed E-state index contributed by atoms with van der Waals surface area (Å²) < 4.78 is 0. The molecule has 0 saturated carbocycles. The molecule has 1 fully saturated rings. The smallest absolute Gasteiger partial charge is 0.0715 e. The summed E-state index contributed by atoms with van der Waals surface area (Å²) in [5.41, 5.74) is -0.00611. The highest BCUT2D eigenvalue weighted by molar-refractivity contribution is 4.81. The molecular weight excluding hydrogens is 212 g/mol. The van der Waals surface area contributed by atoms with Crippen LogP contribution in [0.2, 0.25) is 0 Å². The Morgan fingerprint density at radius 1 is 1.12 bits per heavy atom. The van der Waals surface area contributed by atoms with Crippen LogP contribution in [0.15, 0.2) is 0 Å². The van der Waals surface area contributed by atoms with Crippen LogP contribution in [0.5, 0.6) is 0 Å². The molecule has 17 heavy (non-hydrogen) atoms. The lowest BCUT2D eigenvalue weighted by Gasteiger charge is -2.40. The molecule has 1 saturated heterocycles. The molecule has 0 aromatic heterocycles. The van der Waals surface area contributed by atoms with Crippen molar-refractivity contribution in [1.29, 1.82) is 0 Å². The van der Waals surface area contributed by atoms with E-state index in [1.54, 1.807) is 0 Å². The average Bonchev–Trinajstić information content (AvgIpc) is 2.27. The Hall–Kier alpha value is -0.120. The number of hydrogen-bond acceptors (Lipinski definition) is 3. The molecule has 102 valence electrons. The van der Waals surface area contributed by atoms with E-state index in [0.29, 0.717) is 6.04 Å². The Morgan fingerprint density at radius 3 is 2.06 bits per heavy atom. The van der Waals surface area contributed by atoms with Gasteiger partial charge in [0.25, 0.3) is 0 Å². The monoisotopic (exact) mass is 242 g/mol. The van der Waals surface area contributed by atoms with Gasteiger partial charge in [0.2, 0.25) is 0 Å². The van der Waals surface area contributed by atoms with E-state index in [9.17, 15) is 5.11 Å². The molecule has 1 aliphatic rings. The van der Waals surface area contributed by atoms with Gasteiger partial charge in [-0.05, 0) is 18.8 Å². The maximum absolute atomic E-state index is 10.1. The van der Waals surface area contributed by atoms with Crippen LogP contribution in [0, 0.1) is 5.41 Å². The quantitative estimate of drug-likeness (QED) is 0.814. The Kier molecular flexibility index (Phi) is 5.42. The van der Waals surface area contributed by atoms with Gasteiger partial charge in [-0.1, -0.05) is 27.7 Å². The lowest BCUT2D eigenvalue weighted by Crippen LogP contribution is -2.52. The molecule has 1 heterocycles. The van der Waals surface area contributed by atoms with Crippen molar-refractivity contribution >= 4 is 0 Å². The van der Waals surface area contributed by atoms with Crippen molar-refractivity contribution in [3.63, 3.8) is 0 Å². The fourth-order valence-electron chi connectivity index (χ4n) is 2.16. The van der Waals surface area contributed by atoms with Crippen LogP contribution in [0.1, 0.15) is 41.0 Å². The lowest BCUT2D eigenvalue weighted by molar-refractivity contribution is 0.00864. The number of aliphatic hydroxyl groups is 1. The summed E-state index contributed by atoms with van der Waals surface area (Å²) in [6, 6.07) is 0.699. The normalized spacial score (nSPS) is 23.6. The molecule has 0 bridgehead atoms. The number of β-amino-alcohol motifs (C(OH)–C–C–N with tert-alkyl or cyclic N) is 1. The van der Waals surface area contributed by atoms with Crippen LogP contribution in [0.25, 0.3) is 0 Å². The standard InChI is InChI=1S/C14H30N2O/c1-6-12(2)16-9-7-15(8-10-16)11-13(17)14(3,4)5/h12-13,17H,6-11H2,1-5H3. The van der Waals surface area contributed by atoms with E-state index < -0.39 is 0 Å². The zero-order chi connectivity index (χ0) is 13.1. The van der Waals surface area contributed by atoms with Crippen molar-refractivity contribution in [2.45, 2.75) is 53.2 Å². The van der Waals surface area contributed by atoms with Gasteiger partial charge in [-0.15, -0.1) is 0 Å². The first-order valence-electron chi connectivity index (χ1n) is 6.99. The Bertz CT molecular complexity index is 217. The highest BCUT2D eigenvalue weighted by atomic mass is 16.3. The number of aliphatic hydroxyl groups excluding tert-OH is 1. The maximum Gasteiger partial charge on any atom is 0.0715 e. The van der Waals surface area contributed by atoms with Gasteiger partial charge in [0.05, 0.1) is 6.10 Å². The summed E-state index contributed by atoms with van der Waals surface area (Å²) in [6.45, 7) is 16.2. The predicted octanol–water partition coefficient (Wildman–Crippen LogP) is 1.81. The Balaban J connectivity index is 2.33. The van der Waals surface area contributed by atoms with Crippen molar-refractivity contribution in [2.24, 2.45) is 5.41 Å². The molecule has 0 amide bonds. The lowest BCUT2D eigenvalue weighted by atomic mass is 9.89. The number of hydrogen-bond donors (Lipinski definition) is 1. The zero-order valence-corrected chi connectivity index (χ0v) is 12.2. The summed E-state index contributed by atoms with van der Waals surface area (Å²) in [4.78, 5) is 4.95. The molecule has 1 N–H and O–H groups in total. The molecule has 0 radical (unpaired) electrons. The number of rotatable bonds is 4. The van der Waals surface area contributed by atoms with E-state index in [1.807, 2.05) is 0 Å². The molecule has 1 rings (SSSR count). The summed E-state index contributed by atoms with van der Waals surface area (Å²) in [5.74, 6) is 0. The maximum atomic E-state index is 10.1. The molecule has 1 aliphatic heterocycles. The second-order valence-corrected chi connectivity index (χ2v) is 6.48. The third-order valence-corrected chi connectivity index (χ3v) is 4.05. The molecular formula is C14H30N2O. The minimum absolute atomic E-state index is 0.00611. The van der Waals surface area contributed by atoms with Gasteiger partial charge in [0.1, 0.15) is 0 Å². The number of nitrogens with zero attached hydrogens (tertiary/aromatic N) is 2.